The summed E-state index contributed by atoms with van der Waals surface area (Å²) in [5.74, 6) is 0.327. The first-order valence-electron chi connectivity index (χ1n) is 4.43. The van der Waals surface area contributed by atoms with Gasteiger partial charge in [0.1, 0.15) is 11.6 Å². The maximum atomic E-state index is 13.1. The molecule has 1 aromatic carbocycles. The summed E-state index contributed by atoms with van der Waals surface area (Å²) in [6.07, 6.45) is 0. The van der Waals surface area contributed by atoms with Gasteiger partial charge in [0.25, 0.3) is 0 Å². The third-order valence-electron chi connectivity index (χ3n) is 2.20. The van der Waals surface area contributed by atoms with Crippen LogP contribution in [0.1, 0.15) is 11.4 Å². The van der Waals surface area contributed by atoms with Crippen molar-refractivity contribution in [3.05, 3.63) is 40.7 Å². The second-order valence-corrected chi connectivity index (χ2v) is 3.62. The zero-order chi connectivity index (χ0) is 11.0. The van der Waals surface area contributed by atoms with Crippen LogP contribution >= 0.6 is 11.6 Å². The molecule has 1 heterocycles. The molecule has 0 amide bonds. The molecule has 0 unspecified atom stereocenters. The summed E-state index contributed by atoms with van der Waals surface area (Å²) in [5.41, 5.74) is 1.59. The Morgan fingerprint density at radius 3 is 2.60 bits per heavy atom. The SMILES string of the molecule is Cc1ccc(F)cc1-n1c(C)nnc1Cl. The fourth-order valence-electron chi connectivity index (χ4n) is 1.43. The molecule has 0 saturated heterocycles. The molecule has 1 aromatic heterocycles. The molecule has 0 saturated carbocycles. The molecule has 78 valence electrons. The Kier molecular flexibility index (Phi) is 2.44. The zero-order valence-corrected chi connectivity index (χ0v) is 9.09. The van der Waals surface area contributed by atoms with E-state index >= 15 is 0 Å². The van der Waals surface area contributed by atoms with Crippen molar-refractivity contribution in [1.82, 2.24) is 14.8 Å². The van der Waals surface area contributed by atoms with Gasteiger partial charge in [0.05, 0.1) is 5.69 Å². The van der Waals surface area contributed by atoms with Gasteiger partial charge < -0.3 is 0 Å². The van der Waals surface area contributed by atoms with Crippen LogP contribution in [0.4, 0.5) is 4.39 Å². The fraction of sp³-hybridized carbons (Fsp3) is 0.200. The summed E-state index contributed by atoms with van der Waals surface area (Å²) in [7, 11) is 0. The molecule has 5 heteroatoms. The van der Waals surface area contributed by atoms with Crippen LogP contribution in [0.25, 0.3) is 5.69 Å². The Balaban J connectivity index is 2.68. The van der Waals surface area contributed by atoms with Gasteiger partial charge in [-0.3, -0.25) is 4.57 Å². The molecular weight excluding hydrogens is 217 g/mol. The molecule has 0 fully saturated rings. The summed E-state index contributed by atoms with van der Waals surface area (Å²) in [6.45, 7) is 3.65. The van der Waals surface area contributed by atoms with Gasteiger partial charge in [0.2, 0.25) is 5.28 Å². The maximum absolute atomic E-state index is 13.1. The highest BCUT2D eigenvalue weighted by atomic mass is 35.5. The van der Waals surface area contributed by atoms with Gasteiger partial charge in [-0.25, -0.2) is 4.39 Å². The van der Waals surface area contributed by atoms with E-state index in [1.54, 1.807) is 17.6 Å². The topological polar surface area (TPSA) is 30.7 Å². The normalized spacial score (nSPS) is 10.7. The highest BCUT2D eigenvalue weighted by Gasteiger charge is 2.11. The average Bonchev–Trinajstić information content (AvgIpc) is 2.51. The molecule has 3 nitrogen and oxygen atoms in total. The van der Waals surface area contributed by atoms with E-state index in [4.69, 9.17) is 11.6 Å². The lowest BCUT2D eigenvalue weighted by Gasteiger charge is -2.08. The van der Waals surface area contributed by atoms with Gasteiger partial charge in [-0.15, -0.1) is 10.2 Å². The second-order valence-electron chi connectivity index (χ2n) is 3.28. The number of aromatic nitrogens is 3. The van der Waals surface area contributed by atoms with Crippen LogP contribution < -0.4 is 0 Å². The Bertz CT molecular complexity index is 488. The Morgan fingerprint density at radius 2 is 2.00 bits per heavy atom. The molecule has 0 spiro atoms. The summed E-state index contributed by atoms with van der Waals surface area (Å²) < 4.78 is 14.7. The largest absolute Gasteiger partial charge is 0.270 e. The van der Waals surface area contributed by atoms with E-state index in [2.05, 4.69) is 10.2 Å². The van der Waals surface area contributed by atoms with Crippen molar-refractivity contribution in [3.8, 4) is 5.69 Å². The van der Waals surface area contributed by atoms with Crippen molar-refractivity contribution in [3.63, 3.8) is 0 Å². The molecule has 0 aliphatic rings. The molecule has 0 aliphatic carbocycles. The lowest BCUT2D eigenvalue weighted by molar-refractivity contribution is 0.626. The third kappa shape index (κ3) is 1.72. The molecule has 0 aliphatic heterocycles. The minimum absolute atomic E-state index is 0.237. The van der Waals surface area contributed by atoms with E-state index in [0.717, 1.165) is 5.56 Å². The Morgan fingerprint density at radius 1 is 1.27 bits per heavy atom. The smallest absolute Gasteiger partial charge is 0.229 e. The molecule has 0 bridgehead atoms. The minimum Gasteiger partial charge on any atom is -0.270 e. The van der Waals surface area contributed by atoms with Gasteiger partial charge >= 0.3 is 0 Å². The van der Waals surface area contributed by atoms with Gasteiger partial charge in [0.15, 0.2) is 0 Å². The van der Waals surface area contributed by atoms with Crippen molar-refractivity contribution in [2.24, 2.45) is 0 Å². The van der Waals surface area contributed by atoms with Crippen molar-refractivity contribution in [2.75, 3.05) is 0 Å². The number of rotatable bonds is 1. The summed E-state index contributed by atoms with van der Waals surface area (Å²) in [6, 6.07) is 4.52. The maximum Gasteiger partial charge on any atom is 0.229 e. The van der Waals surface area contributed by atoms with Crippen molar-refractivity contribution in [1.29, 1.82) is 0 Å². The zero-order valence-electron chi connectivity index (χ0n) is 8.33. The minimum atomic E-state index is -0.306. The number of aryl methyl sites for hydroxylation is 2. The first-order valence-corrected chi connectivity index (χ1v) is 4.81. The molecule has 2 aromatic rings. The molecule has 15 heavy (non-hydrogen) atoms. The van der Waals surface area contributed by atoms with Crippen LogP contribution in [0, 0.1) is 19.7 Å². The van der Waals surface area contributed by atoms with Gasteiger partial charge in [-0.05, 0) is 43.1 Å². The van der Waals surface area contributed by atoms with E-state index in [9.17, 15) is 4.39 Å². The quantitative estimate of drug-likeness (QED) is 0.747. The van der Waals surface area contributed by atoms with Gasteiger partial charge in [-0.2, -0.15) is 0 Å². The average molecular weight is 226 g/mol. The van der Waals surface area contributed by atoms with Crippen LogP contribution in [0.3, 0.4) is 0 Å². The van der Waals surface area contributed by atoms with E-state index in [1.807, 2.05) is 6.92 Å². The van der Waals surface area contributed by atoms with Crippen molar-refractivity contribution in [2.45, 2.75) is 13.8 Å². The summed E-state index contributed by atoms with van der Waals surface area (Å²) in [4.78, 5) is 0. The lowest BCUT2D eigenvalue weighted by Crippen LogP contribution is -2.00. The van der Waals surface area contributed by atoms with Gasteiger partial charge in [0, 0.05) is 0 Å². The Hall–Kier alpha value is -1.42. The summed E-state index contributed by atoms with van der Waals surface area (Å²) >= 11 is 5.87. The lowest BCUT2D eigenvalue weighted by atomic mass is 10.2. The first kappa shape index (κ1) is 10.1. The Labute approximate surface area is 91.5 Å². The van der Waals surface area contributed by atoms with Crippen molar-refractivity contribution < 1.29 is 4.39 Å². The van der Waals surface area contributed by atoms with Crippen LogP contribution in [0.15, 0.2) is 18.2 Å². The van der Waals surface area contributed by atoms with Gasteiger partial charge in [-0.1, -0.05) is 6.07 Å². The first-order chi connectivity index (χ1) is 7.09. The molecule has 0 atom stereocenters. The predicted molar refractivity (Wildman–Crippen MR) is 55.8 cm³/mol. The molecular formula is C10H9ClFN3. The van der Waals surface area contributed by atoms with E-state index < -0.39 is 0 Å². The summed E-state index contributed by atoms with van der Waals surface area (Å²) in [5, 5.41) is 7.78. The predicted octanol–water partition coefficient (Wildman–Crippen LogP) is 2.68. The standard InChI is InChI=1S/C10H9ClFN3/c1-6-3-4-8(12)5-9(6)15-7(2)13-14-10(15)11/h3-5H,1-2H3. The van der Waals surface area contributed by atoms with E-state index in [1.165, 1.54) is 12.1 Å². The fourth-order valence-corrected chi connectivity index (χ4v) is 1.68. The van der Waals surface area contributed by atoms with Crippen molar-refractivity contribution >= 4 is 11.6 Å². The van der Waals surface area contributed by atoms with Crippen LogP contribution in [-0.4, -0.2) is 14.8 Å². The van der Waals surface area contributed by atoms with Crippen LogP contribution in [-0.2, 0) is 0 Å². The van der Waals surface area contributed by atoms with Crippen LogP contribution in [0.2, 0.25) is 5.28 Å². The second kappa shape index (κ2) is 3.62. The molecule has 0 N–H and O–H groups in total. The number of halogens is 2. The monoisotopic (exact) mass is 225 g/mol. The molecule has 0 radical (unpaired) electrons. The molecule has 2 rings (SSSR count). The third-order valence-corrected chi connectivity index (χ3v) is 2.44. The van der Waals surface area contributed by atoms with E-state index in [0.29, 0.717) is 11.5 Å². The van der Waals surface area contributed by atoms with Crippen LogP contribution in [0.5, 0.6) is 0 Å². The number of nitrogens with zero attached hydrogens (tertiary/aromatic N) is 3. The number of benzene rings is 1. The number of hydrogen-bond acceptors (Lipinski definition) is 2. The highest BCUT2D eigenvalue weighted by Crippen LogP contribution is 2.20. The van der Waals surface area contributed by atoms with E-state index in [-0.39, 0.29) is 11.1 Å². The number of hydrogen-bond donors (Lipinski definition) is 0. The highest BCUT2D eigenvalue weighted by molar-refractivity contribution is 6.28.